The first-order valence-electron chi connectivity index (χ1n) is 9.22. The van der Waals surface area contributed by atoms with Crippen molar-refractivity contribution in [1.82, 2.24) is 14.5 Å². The first kappa shape index (κ1) is 20.0. The largest absolute Gasteiger partial charge is 0.349 e. The average molecular weight is 391 g/mol. The van der Waals surface area contributed by atoms with Crippen molar-refractivity contribution in [3.05, 3.63) is 46.1 Å². The van der Waals surface area contributed by atoms with E-state index >= 15 is 0 Å². The normalized spacial score (nSPS) is 21.9. The maximum atomic E-state index is 12.9. The van der Waals surface area contributed by atoms with Crippen LogP contribution < -0.4 is 5.56 Å². The third-order valence-electron chi connectivity index (χ3n) is 5.42. The van der Waals surface area contributed by atoms with Crippen molar-refractivity contribution < 1.29 is 14.4 Å². The van der Waals surface area contributed by atoms with Crippen LogP contribution in [0.5, 0.6) is 0 Å². The molecule has 146 valence electrons. The summed E-state index contributed by atoms with van der Waals surface area (Å²) in [6.07, 6.45) is 5.47. The smallest absolute Gasteiger partial charge is 0.321 e. The van der Waals surface area contributed by atoms with E-state index in [1.807, 2.05) is 18.2 Å². The van der Waals surface area contributed by atoms with Crippen LogP contribution in [0.3, 0.4) is 0 Å². The van der Waals surface area contributed by atoms with Crippen LogP contribution in [0.2, 0.25) is 0 Å². The van der Waals surface area contributed by atoms with Crippen LogP contribution in [0.25, 0.3) is 17.1 Å². The van der Waals surface area contributed by atoms with Gasteiger partial charge in [-0.15, -0.1) is 0 Å². The van der Waals surface area contributed by atoms with Crippen LogP contribution in [-0.4, -0.2) is 43.4 Å². The minimum Gasteiger partial charge on any atom is -0.321 e. The van der Waals surface area contributed by atoms with Crippen molar-refractivity contribution in [3.63, 3.8) is 0 Å². The van der Waals surface area contributed by atoms with E-state index in [1.165, 1.54) is 12.8 Å². The number of hydrogen-bond donors (Lipinski definition) is 2. The molecule has 8 heteroatoms. The van der Waals surface area contributed by atoms with E-state index in [1.54, 1.807) is 10.6 Å². The third-order valence-corrected chi connectivity index (χ3v) is 5.96. The summed E-state index contributed by atoms with van der Waals surface area (Å²) in [5.41, 5.74) is 1.09. The van der Waals surface area contributed by atoms with Gasteiger partial charge in [-0.3, -0.25) is 9.36 Å². The van der Waals surface area contributed by atoms with Gasteiger partial charge in [0.25, 0.3) is 5.56 Å². The van der Waals surface area contributed by atoms with E-state index in [0.29, 0.717) is 24.1 Å². The molecule has 0 amide bonds. The summed E-state index contributed by atoms with van der Waals surface area (Å²) in [5, 5.41) is 0. The Morgan fingerprint density at radius 2 is 2.04 bits per heavy atom. The summed E-state index contributed by atoms with van der Waals surface area (Å²) in [6, 6.07) is 8.30. The molecule has 2 N–H and O–H groups in total. The molecule has 2 heterocycles. The Labute approximate surface area is 158 Å². The number of likely N-dealkylation sites (tertiary alicyclic amines) is 1. The zero-order chi connectivity index (χ0) is 19.6. The van der Waals surface area contributed by atoms with Gasteiger partial charge in [0.2, 0.25) is 0 Å². The van der Waals surface area contributed by atoms with Crippen LogP contribution in [0, 0.1) is 0 Å². The molecule has 3 rings (SSSR count). The molecule has 27 heavy (non-hydrogen) atoms. The van der Waals surface area contributed by atoms with Gasteiger partial charge in [-0.1, -0.05) is 18.6 Å². The van der Waals surface area contributed by atoms with Crippen molar-refractivity contribution in [1.29, 1.82) is 0 Å². The summed E-state index contributed by atoms with van der Waals surface area (Å²) >= 11 is 0. The van der Waals surface area contributed by atoms with Crippen molar-refractivity contribution in [2.75, 3.05) is 7.05 Å². The van der Waals surface area contributed by atoms with Gasteiger partial charge in [0, 0.05) is 24.4 Å². The lowest BCUT2D eigenvalue weighted by Gasteiger charge is -2.38. The van der Waals surface area contributed by atoms with Gasteiger partial charge in [0.15, 0.2) is 0 Å². The number of rotatable bonds is 5. The minimum atomic E-state index is -4.35. The number of para-hydroxylation sites is 2. The number of piperidine rings is 1. The molecule has 0 aliphatic carbocycles. The number of fused-ring (bicyclic) bond motifs is 1. The SMILES string of the molecule is C[C@H]1CCC[C@@H](CCn2c(=O)c(/C=C/P(=O)(O)O)nc3ccccc32)N1C. The molecular weight excluding hydrogens is 365 g/mol. The maximum Gasteiger partial charge on any atom is 0.349 e. The molecule has 2 aromatic rings. The van der Waals surface area contributed by atoms with Crippen LogP contribution in [0.15, 0.2) is 34.9 Å². The monoisotopic (exact) mass is 391 g/mol. The van der Waals surface area contributed by atoms with E-state index in [4.69, 9.17) is 9.79 Å². The van der Waals surface area contributed by atoms with E-state index in [0.717, 1.165) is 30.3 Å². The number of benzene rings is 1. The zero-order valence-electron chi connectivity index (χ0n) is 15.7. The van der Waals surface area contributed by atoms with Gasteiger partial charge in [-0.25, -0.2) is 4.98 Å². The summed E-state index contributed by atoms with van der Waals surface area (Å²) in [7, 11) is -2.22. The fraction of sp³-hybridized carbons (Fsp3) is 0.474. The number of aromatic nitrogens is 2. The predicted molar refractivity (Wildman–Crippen MR) is 107 cm³/mol. The highest BCUT2D eigenvalue weighted by Gasteiger charge is 2.24. The second-order valence-electron chi connectivity index (χ2n) is 7.24. The van der Waals surface area contributed by atoms with Gasteiger partial charge in [-0.2, -0.15) is 0 Å². The number of aryl methyl sites for hydroxylation is 1. The van der Waals surface area contributed by atoms with Crippen LogP contribution in [-0.2, 0) is 11.1 Å². The Morgan fingerprint density at radius 3 is 2.78 bits per heavy atom. The summed E-state index contributed by atoms with van der Waals surface area (Å²) < 4.78 is 12.8. The van der Waals surface area contributed by atoms with Crippen LogP contribution in [0.1, 0.15) is 38.3 Å². The Kier molecular flexibility index (Phi) is 5.96. The van der Waals surface area contributed by atoms with E-state index in [2.05, 4.69) is 23.9 Å². The van der Waals surface area contributed by atoms with Crippen LogP contribution >= 0.6 is 7.60 Å². The second kappa shape index (κ2) is 8.07. The Bertz CT molecular complexity index is 950. The van der Waals surface area contributed by atoms with Gasteiger partial charge < -0.3 is 19.3 Å². The zero-order valence-corrected chi connectivity index (χ0v) is 16.5. The number of nitrogens with zero attached hydrogens (tertiary/aromatic N) is 3. The van der Waals surface area contributed by atoms with Gasteiger partial charge in [0.1, 0.15) is 5.69 Å². The lowest BCUT2D eigenvalue weighted by atomic mass is 9.95. The Balaban J connectivity index is 1.95. The molecule has 0 spiro atoms. The van der Waals surface area contributed by atoms with Crippen molar-refractivity contribution in [3.8, 4) is 0 Å². The molecule has 7 nitrogen and oxygen atoms in total. The lowest BCUT2D eigenvalue weighted by Crippen LogP contribution is -2.43. The summed E-state index contributed by atoms with van der Waals surface area (Å²) in [5.74, 6) is 0.729. The molecule has 0 bridgehead atoms. The average Bonchev–Trinajstić information content (AvgIpc) is 2.62. The molecule has 0 unspecified atom stereocenters. The number of hydrogen-bond acceptors (Lipinski definition) is 4. The van der Waals surface area contributed by atoms with Gasteiger partial charge in [-0.05, 0) is 51.4 Å². The van der Waals surface area contributed by atoms with Crippen LogP contribution in [0.4, 0.5) is 0 Å². The highest BCUT2D eigenvalue weighted by molar-refractivity contribution is 7.55. The molecule has 1 aromatic heterocycles. The Hall–Kier alpha value is -1.79. The van der Waals surface area contributed by atoms with Crippen molar-refractivity contribution in [2.45, 2.75) is 51.2 Å². The highest BCUT2D eigenvalue weighted by Crippen LogP contribution is 2.36. The first-order valence-corrected chi connectivity index (χ1v) is 10.9. The standard InChI is InChI=1S/C19H26N3O4P/c1-14-6-5-7-15(21(14)2)10-12-22-18-9-4-3-8-16(18)20-17(19(22)23)11-13-27(24,25)26/h3-4,8-9,11,13-15H,5-7,10,12H2,1-2H3,(H2,24,25,26)/b13-11+/t14-,15-/m0/s1. The topological polar surface area (TPSA) is 95.7 Å². The molecule has 1 aliphatic rings. The van der Waals surface area contributed by atoms with E-state index < -0.39 is 7.60 Å². The summed E-state index contributed by atoms with van der Waals surface area (Å²) in [4.78, 5) is 37.7. The minimum absolute atomic E-state index is 0.0439. The van der Waals surface area contributed by atoms with Crippen molar-refractivity contribution in [2.24, 2.45) is 0 Å². The quantitative estimate of drug-likeness (QED) is 0.761. The first-order chi connectivity index (χ1) is 12.8. The molecule has 1 fully saturated rings. The molecule has 1 aromatic carbocycles. The molecule has 1 aliphatic heterocycles. The van der Waals surface area contributed by atoms with E-state index in [9.17, 15) is 9.36 Å². The highest BCUT2D eigenvalue weighted by atomic mass is 31.2. The molecule has 1 saturated heterocycles. The van der Waals surface area contributed by atoms with Gasteiger partial charge >= 0.3 is 7.60 Å². The molecule has 2 atom stereocenters. The molecule has 0 saturated carbocycles. The lowest BCUT2D eigenvalue weighted by molar-refractivity contribution is 0.116. The fourth-order valence-corrected chi connectivity index (χ4v) is 4.09. The maximum absolute atomic E-state index is 12.9. The van der Waals surface area contributed by atoms with Gasteiger partial charge in [0.05, 0.1) is 11.0 Å². The predicted octanol–water partition coefficient (Wildman–Crippen LogP) is 2.81. The summed E-state index contributed by atoms with van der Waals surface area (Å²) in [6.45, 7) is 2.77. The fourth-order valence-electron chi connectivity index (χ4n) is 3.75. The molecular formula is C19H26N3O4P. The third kappa shape index (κ3) is 4.74. The Morgan fingerprint density at radius 1 is 1.30 bits per heavy atom. The second-order valence-corrected chi connectivity index (χ2v) is 8.71. The van der Waals surface area contributed by atoms with E-state index in [-0.39, 0.29) is 11.3 Å². The van der Waals surface area contributed by atoms with Crippen molar-refractivity contribution >= 4 is 24.7 Å². The molecule has 0 radical (unpaired) electrons.